The number of nitrogens with zero attached hydrogens (tertiary/aromatic N) is 2. The van der Waals surface area contributed by atoms with Crippen molar-refractivity contribution in [1.82, 2.24) is 9.88 Å². The molecule has 2 aromatic rings. The van der Waals surface area contributed by atoms with Gasteiger partial charge >= 0.3 is 0 Å². The Morgan fingerprint density at radius 2 is 2.23 bits per heavy atom. The maximum atomic E-state index is 11.7. The zero-order valence-corrected chi connectivity index (χ0v) is 12.1. The molecule has 2 rings (SSSR count). The van der Waals surface area contributed by atoms with Crippen molar-refractivity contribution in [1.29, 1.82) is 5.26 Å². The largest absolute Gasteiger partial charge is 0.364 e. The van der Waals surface area contributed by atoms with Crippen LogP contribution in [0.3, 0.4) is 0 Å². The van der Waals surface area contributed by atoms with Crippen LogP contribution < -0.4 is 4.72 Å². The number of sulfonamides is 1. The van der Waals surface area contributed by atoms with Crippen LogP contribution in [0.4, 0.5) is 0 Å². The van der Waals surface area contributed by atoms with Crippen LogP contribution >= 0.6 is 0 Å². The lowest BCUT2D eigenvalue weighted by Crippen LogP contribution is -2.30. The van der Waals surface area contributed by atoms with Gasteiger partial charge in [-0.25, -0.2) is 13.1 Å². The van der Waals surface area contributed by atoms with Crippen LogP contribution in [0.1, 0.15) is 16.8 Å². The predicted molar refractivity (Wildman–Crippen MR) is 77.5 cm³/mol. The molecular weight excluding hydrogens is 306 g/mol. The van der Waals surface area contributed by atoms with Gasteiger partial charge in [0.25, 0.3) is 5.91 Å². The molecule has 0 aliphatic rings. The van der Waals surface area contributed by atoms with E-state index in [1.165, 1.54) is 18.4 Å². The van der Waals surface area contributed by atoms with Crippen molar-refractivity contribution in [2.45, 2.75) is 5.75 Å². The van der Waals surface area contributed by atoms with Gasteiger partial charge < -0.3 is 4.52 Å². The summed E-state index contributed by atoms with van der Waals surface area (Å²) in [7, 11) is -3.85. The van der Waals surface area contributed by atoms with Gasteiger partial charge in [-0.1, -0.05) is 17.3 Å². The molecule has 0 fully saturated rings. The molecule has 1 aromatic carbocycles. The van der Waals surface area contributed by atoms with Crippen LogP contribution in [-0.2, 0) is 20.6 Å². The van der Waals surface area contributed by atoms with E-state index in [9.17, 15) is 13.2 Å². The Balaban J connectivity index is 2.00. The normalized spacial score (nSPS) is 11.2. The first-order valence-electron chi connectivity index (χ1n) is 6.10. The van der Waals surface area contributed by atoms with Crippen molar-refractivity contribution in [2.75, 3.05) is 0 Å². The average molecular weight is 317 g/mol. The summed E-state index contributed by atoms with van der Waals surface area (Å²) in [6.45, 7) is 0. The predicted octanol–water partition coefficient (Wildman–Crippen LogP) is 1.21. The maximum Gasteiger partial charge on any atom is 0.257 e. The Kier molecular flexibility index (Phi) is 4.70. The van der Waals surface area contributed by atoms with Crippen molar-refractivity contribution in [2.24, 2.45) is 0 Å². The Morgan fingerprint density at radius 3 is 2.91 bits per heavy atom. The second-order valence-corrected chi connectivity index (χ2v) is 6.01. The van der Waals surface area contributed by atoms with Crippen LogP contribution in [0.2, 0.25) is 0 Å². The molecular formula is C14H11N3O4S. The Bertz CT molecular complexity index is 833. The summed E-state index contributed by atoms with van der Waals surface area (Å²) in [6, 6.07) is 9.92. The van der Waals surface area contributed by atoms with Gasteiger partial charge in [0.1, 0.15) is 17.7 Å². The topological polar surface area (TPSA) is 113 Å². The van der Waals surface area contributed by atoms with Crippen molar-refractivity contribution < 1.29 is 17.7 Å². The molecule has 0 spiro atoms. The van der Waals surface area contributed by atoms with Crippen LogP contribution in [0.25, 0.3) is 6.08 Å². The van der Waals surface area contributed by atoms with Crippen LogP contribution in [0.15, 0.2) is 47.2 Å². The van der Waals surface area contributed by atoms with Crippen molar-refractivity contribution in [3.05, 3.63) is 59.5 Å². The van der Waals surface area contributed by atoms with E-state index in [-0.39, 0.29) is 5.69 Å². The fourth-order valence-electron chi connectivity index (χ4n) is 1.61. The van der Waals surface area contributed by atoms with E-state index in [2.05, 4.69) is 9.68 Å². The number of carbonyl (C=O) groups excluding carboxylic acids is 1. The lowest BCUT2D eigenvalue weighted by atomic mass is 10.1. The molecule has 112 valence electrons. The Labute approximate surface area is 126 Å². The SMILES string of the molecule is N#Cc1cccc(/C=C/C(=O)NS(=O)(=O)Cc2ccon2)c1. The second-order valence-electron chi connectivity index (χ2n) is 4.29. The highest BCUT2D eigenvalue weighted by atomic mass is 32.2. The third-order valence-corrected chi connectivity index (χ3v) is 3.72. The lowest BCUT2D eigenvalue weighted by molar-refractivity contribution is -0.114. The summed E-state index contributed by atoms with van der Waals surface area (Å²) < 4.78 is 29.9. The number of nitrogens with one attached hydrogen (secondary N) is 1. The van der Waals surface area contributed by atoms with E-state index < -0.39 is 21.7 Å². The van der Waals surface area contributed by atoms with Gasteiger partial charge in [0.15, 0.2) is 0 Å². The van der Waals surface area contributed by atoms with E-state index in [1.807, 2.05) is 10.8 Å². The van der Waals surface area contributed by atoms with E-state index in [0.717, 1.165) is 6.08 Å². The minimum atomic E-state index is -3.85. The molecule has 8 heteroatoms. The highest BCUT2D eigenvalue weighted by Gasteiger charge is 2.15. The Hall–Kier alpha value is -2.92. The number of benzene rings is 1. The fourth-order valence-corrected chi connectivity index (χ4v) is 2.60. The number of carbonyl (C=O) groups is 1. The number of hydrogen-bond acceptors (Lipinski definition) is 6. The van der Waals surface area contributed by atoms with Gasteiger partial charge in [-0.3, -0.25) is 4.79 Å². The van der Waals surface area contributed by atoms with E-state index >= 15 is 0 Å². The first-order valence-corrected chi connectivity index (χ1v) is 7.76. The molecule has 7 nitrogen and oxygen atoms in total. The molecule has 0 saturated heterocycles. The summed E-state index contributed by atoms with van der Waals surface area (Å²) in [5.41, 5.74) is 1.26. The molecule has 1 amide bonds. The molecule has 0 atom stereocenters. The monoisotopic (exact) mass is 317 g/mol. The van der Waals surface area contributed by atoms with Gasteiger partial charge in [-0.05, 0) is 23.8 Å². The summed E-state index contributed by atoms with van der Waals surface area (Å²) in [5, 5.41) is 12.2. The smallest absolute Gasteiger partial charge is 0.257 e. The average Bonchev–Trinajstić information content (AvgIpc) is 2.97. The number of amides is 1. The molecule has 0 radical (unpaired) electrons. The summed E-state index contributed by atoms with van der Waals surface area (Å²) in [4.78, 5) is 11.6. The minimum absolute atomic E-state index is 0.200. The highest BCUT2D eigenvalue weighted by Crippen LogP contribution is 2.06. The first-order chi connectivity index (χ1) is 10.5. The third-order valence-electron chi connectivity index (χ3n) is 2.53. The van der Waals surface area contributed by atoms with Gasteiger partial charge in [-0.2, -0.15) is 5.26 Å². The molecule has 0 bridgehead atoms. The quantitative estimate of drug-likeness (QED) is 0.829. The van der Waals surface area contributed by atoms with E-state index in [1.54, 1.807) is 24.3 Å². The maximum absolute atomic E-state index is 11.7. The number of hydrogen-bond donors (Lipinski definition) is 1. The number of rotatable bonds is 5. The fraction of sp³-hybridized carbons (Fsp3) is 0.0714. The minimum Gasteiger partial charge on any atom is -0.364 e. The zero-order chi connectivity index (χ0) is 16.0. The van der Waals surface area contributed by atoms with E-state index in [0.29, 0.717) is 11.1 Å². The van der Waals surface area contributed by atoms with Crippen molar-refractivity contribution in [3.63, 3.8) is 0 Å². The molecule has 22 heavy (non-hydrogen) atoms. The first kappa shape index (κ1) is 15.5. The Morgan fingerprint density at radius 1 is 1.41 bits per heavy atom. The molecule has 0 unspecified atom stereocenters. The van der Waals surface area contributed by atoms with Crippen LogP contribution in [0.5, 0.6) is 0 Å². The summed E-state index contributed by atoms with van der Waals surface area (Å²) in [6.07, 6.45) is 3.74. The zero-order valence-electron chi connectivity index (χ0n) is 11.3. The van der Waals surface area contributed by atoms with Gasteiger partial charge in [-0.15, -0.1) is 0 Å². The summed E-state index contributed by atoms with van der Waals surface area (Å²) >= 11 is 0. The highest BCUT2D eigenvalue weighted by molar-refractivity contribution is 7.89. The van der Waals surface area contributed by atoms with Gasteiger partial charge in [0, 0.05) is 12.1 Å². The van der Waals surface area contributed by atoms with Gasteiger partial charge in [0.05, 0.1) is 11.6 Å². The molecule has 0 aliphatic carbocycles. The summed E-state index contributed by atoms with van der Waals surface area (Å²) in [5.74, 6) is -1.24. The number of aromatic nitrogens is 1. The molecule has 0 aliphatic heterocycles. The molecule has 0 saturated carbocycles. The van der Waals surface area contributed by atoms with Crippen molar-refractivity contribution in [3.8, 4) is 6.07 Å². The van der Waals surface area contributed by atoms with Crippen LogP contribution in [-0.4, -0.2) is 19.5 Å². The van der Waals surface area contributed by atoms with E-state index in [4.69, 9.17) is 5.26 Å². The molecule has 1 aromatic heterocycles. The third kappa shape index (κ3) is 4.57. The van der Waals surface area contributed by atoms with Crippen LogP contribution in [0, 0.1) is 11.3 Å². The van der Waals surface area contributed by atoms with Gasteiger partial charge in [0.2, 0.25) is 10.0 Å². The second kappa shape index (κ2) is 6.69. The lowest BCUT2D eigenvalue weighted by Gasteiger charge is -2.02. The van der Waals surface area contributed by atoms with Crippen molar-refractivity contribution >= 4 is 22.0 Å². The number of nitriles is 1. The molecule has 1 N–H and O–H groups in total. The standard InChI is InChI=1S/C14H11N3O4S/c15-9-12-3-1-2-11(8-12)4-5-14(18)17-22(19,20)10-13-6-7-21-16-13/h1-8H,10H2,(H,17,18)/b5-4+. The molecule has 1 heterocycles.